The van der Waals surface area contributed by atoms with E-state index in [1.165, 1.54) is 11.8 Å². The highest BCUT2D eigenvalue weighted by molar-refractivity contribution is 7.99. The van der Waals surface area contributed by atoms with E-state index in [1.807, 2.05) is 31.2 Å². The zero-order chi connectivity index (χ0) is 18.5. The predicted octanol–water partition coefficient (Wildman–Crippen LogP) is 4.09. The SMILES string of the molecule is Cc1ccccc1NC(=O)CSc1nnc2c(n1)C1(C)CCC2C1(C)C. The number of thioether (sulfide) groups is 1. The molecule has 1 N–H and O–H groups in total. The van der Waals surface area contributed by atoms with Crippen molar-refractivity contribution < 1.29 is 4.79 Å². The van der Waals surface area contributed by atoms with Gasteiger partial charge < -0.3 is 5.32 Å². The third-order valence-corrected chi connectivity index (χ3v) is 7.36. The van der Waals surface area contributed by atoms with E-state index in [9.17, 15) is 4.79 Å². The van der Waals surface area contributed by atoms with Crippen molar-refractivity contribution in [1.29, 1.82) is 0 Å². The van der Waals surface area contributed by atoms with Crippen LogP contribution in [-0.2, 0) is 10.2 Å². The molecule has 0 saturated heterocycles. The Balaban J connectivity index is 1.47. The third-order valence-electron chi connectivity index (χ3n) is 6.52. The molecule has 4 rings (SSSR count). The number of hydrogen-bond donors (Lipinski definition) is 1. The Morgan fingerprint density at radius 2 is 2.04 bits per heavy atom. The number of nitrogens with zero attached hydrogens (tertiary/aromatic N) is 3. The molecule has 2 unspecified atom stereocenters. The van der Waals surface area contributed by atoms with Crippen molar-refractivity contribution in [3.63, 3.8) is 0 Å². The van der Waals surface area contributed by atoms with Gasteiger partial charge >= 0.3 is 0 Å². The van der Waals surface area contributed by atoms with Crippen molar-refractivity contribution in [2.75, 3.05) is 11.1 Å². The number of carbonyl (C=O) groups is 1. The molecule has 2 aromatic rings. The summed E-state index contributed by atoms with van der Waals surface area (Å²) in [5, 5.41) is 12.3. The molecule has 1 heterocycles. The Kier molecular flexibility index (Phi) is 4.06. The molecular weight excluding hydrogens is 344 g/mol. The lowest BCUT2D eigenvalue weighted by molar-refractivity contribution is -0.113. The molecule has 2 atom stereocenters. The third kappa shape index (κ3) is 2.54. The topological polar surface area (TPSA) is 67.8 Å². The van der Waals surface area contributed by atoms with E-state index in [2.05, 4.69) is 36.3 Å². The Morgan fingerprint density at radius 1 is 1.27 bits per heavy atom. The Labute approximate surface area is 158 Å². The second kappa shape index (κ2) is 6.05. The van der Waals surface area contributed by atoms with E-state index in [-0.39, 0.29) is 22.5 Å². The summed E-state index contributed by atoms with van der Waals surface area (Å²) in [6, 6.07) is 7.76. The predicted molar refractivity (Wildman–Crippen MR) is 103 cm³/mol. The van der Waals surface area contributed by atoms with Gasteiger partial charge in [-0.1, -0.05) is 50.7 Å². The monoisotopic (exact) mass is 368 g/mol. The number of fused-ring (bicyclic) bond motifs is 5. The molecule has 1 aromatic carbocycles. The van der Waals surface area contributed by atoms with Crippen molar-refractivity contribution in [2.45, 2.75) is 57.0 Å². The largest absolute Gasteiger partial charge is 0.325 e. The fourth-order valence-electron chi connectivity index (χ4n) is 4.45. The van der Waals surface area contributed by atoms with Gasteiger partial charge in [-0.25, -0.2) is 4.98 Å². The summed E-state index contributed by atoms with van der Waals surface area (Å²) < 4.78 is 0. The molecule has 1 aromatic heterocycles. The van der Waals surface area contributed by atoms with E-state index in [0.29, 0.717) is 11.1 Å². The van der Waals surface area contributed by atoms with Gasteiger partial charge in [0.25, 0.3) is 0 Å². The van der Waals surface area contributed by atoms with E-state index < -0.39 is 0 Å². The molecule has 136 valence electrons. The molecule has 6 heteroatoms. The molecule has 1 saturated carbocycles. The summed E-state index contributed by atoms with van der Waals surface area (Å²) in [6.45, 7) is 8.91. The molecule has 26 heavy (non-hydrogen) atoms. The average molecular weight is 369 g/mol. The zero-order valence-corrected chi connectivity index (χ0v) is 16.5. The van der Waals surface area contributed by atoms with Gasteiger partial charge in [0.15, 0.2) is 0 Å². The molecule has 2 aliphatic carbocycles. The Hall–Kier alpha value is -1.95. The lowest BCUT2D eigenvalue weighted by Gasteiger charge is -2.33. The van der Waals surface area contributed by atoms with E-state index in [0.717, 1.165) is 35.5 Å². The zero-order valence-electron chi connectivity index (χ0n) is 15.7. The van der Waals surface area contributed by atoms with Crippen LogP contribution >= 0.6 is 11.8 Å². The Morgan fingerprint density at radius 3 is 2.81 bits per heavy atom. The molecule has 2 aliphatic rings. The van der Waals surface area contributed by atoms with Crippen molar-refractivity contribution >= 4 is 23.4 Å². The lowest BCUT2D eigenvalue weighted by atomic mass is 9.70. The average Bonchev–Trinajstić information content (AvgIpc) is 2.94. The van der Waals surface area contributed by atoms with Gasteiger partial charge in [-0.15, -0.1) is 5.10 Å². The quantitative estimate of drug-likeness (QED) is 0.824. The number of rotatable bonds is 4. The standard InChI is InChI=1S/C20H24N4OS/c1-12-7-5-6-8-14(12)21-15(25)11-26-18-22-17-16(23-24-18)13-9-10-20(17,4)19(13,2)3/h5-8,13H,9-11H2,1-4H3,(H,21,25). The summed E-state index contributed by atoms with van der Waals surface area (Å²) >= 11 is 1.35. The maximum absolute atomic E-state index is 12.3. The van der Waals surface area contributed by atoms with Gasteiger partial charge in [-0.05, 0) is 36.8 Å². The minimum atomic E-state index is -0.0542. The van der Waals surface area contributed by atoms with Gasteiger partial charge in [0.1, 0.15) is 0 Å². The highest BCUT2D eigenvalue weighted by atomic mass is 32.2. The normalized spacial score (nSPS) is 25.2. The van der Waals surface area contributed by atoms with Crippen LogP contribution in [0, 0.1) is 12.3 Å². The van der Waals surface area contributed by atoms with Crippen molar-refractivity contribution in [3.8, 4) is 0 Å². The second-order valence-electron chi connectivity index (χ2n) is 8.13. The number of amides is 1. The fraction of sp³-hybridized carbons (Fsp3) is 0.500. The number of anilines is 1. The molecule has 1 amide bonds. The molecule has 0 radical (unpaired) electrons. The molecule has 5 nitrogen and oxygen atoms in total. The van der Waals surface area contributed by atoms with Crippen LogP contribution in [0.3, 0.4) is 0 Å². The van der Waals surface area contributed by atoms with Gasteiger partial charge in [0.05, 0.1) is 17.1 Å². The number of para-hydroxylation sites is 1. The van der Waals surface area contributed by atoms with Crippen molar-refractivity contribution in [2.24, 2.45) is 5.41 Å². The smallest absolute Gasteiger partial charge is 0.234 e. The van der Waals surface area contributed by atoms with Crippen molar-refractivity contribution in [1.82, 2.24) is 15.2 Å². The lowest BCUT2D eigenvalue weighted by Crippen LogP contribution is -2.32. The number of aromatic nitrogens is 3. The highest BCUT2D eigenvalue weighted by Crippen LogP contribution is 2.66. The maximum Gasteiger partial charge on any atom is 0.234 e. The summed E-state index contributed by atoms with van der Waals surface area (Å²) in [5.41, 5.74) is 4.28. The summed E-state index contributed by atoms with van der Waals surface area (Å²) in [6.07, 6.45) is 2.31. The molecular formula is C20H24N4OS. The van der Waals surface area contributed by atoms with Gasteiger partial charge in [-0.2, -0.15) is 5.10 Å². The minimum Gasteiger partial charge on any atom is -0.325 e. The minimum absolute atomic E-state index is 0.0542. The van der Waals surface area contributed by atoms with Gasteiger partial charge in [0.2, 0.25) is 11.1 Å². The van der Waals surface area contributed by atoms with Crippen LogP contribution in [0.4, 0.5) is 5.69 Å². The number of carbonyl (C=O) groups excluding carboxylic acids is 1. The molecule has 2 bridgehead atoms. The molecule has 0 spiro atoms. The summed E-state index contributed by atoms with van der Waals surface area (Å²) in [5.74, 6) is 0.672. The van der Waals surface area contributed by atoms with E-state index in [4.69, 9.17) is 4.98 Å². The van der Waals surface area contributed by atoms with E-state index >= 15 is 0 Å². The van der Waals surface area contributed by atoms with E-state index in [1.54, 1.807) is 0 Å². The number of nitrogens with one attached hydrogen (secondary N) is 1. The van der Waals surface area contributed by atoms with Crippen LogP contribution in [0.25, 0.3) is 0 Å². The summed E-state index contributed by atoms with van der Waals surface area (Å²) in [4.78, 5) is 17.1. The van der Waals surface area contributed by atoms with Crippen LogP contribution in [0.2, 0.25) is 0 Å². The van der Waals surface area contributed by atoms with Crippen LogP contribution in [0.15, 0.2) is 29.4 Å². The van der Waals surface area contributed by atoms with Crippen LogP contribution in [0.1, 0.15) is 56.5 Å². The summed E-state index contributed by atoms with van der Waals surface area (Å²) in [7, 11) is 0. The Bertz CT molecular complexity index is 882. The number of benzene rings is 1. The number of hydrogen-bond acceptors (Lipinski definition) is 5. The van der Waals surface area contributed by atoms with Gasteiger partial charge in [0, 0.05) is 17.0 Å². The second-order valence-corrected chi connectivity index (χ2v) is 9.07. The molecule has 0 aliphatic heterocycles. The first kappa shape index (κ1) is 17.5. The first-order valence-corrected chi connectivity index (χ1v) is 10.0. The number of aryl methyl sites for hydroxylation is 1. The van der Waals surface area contributed by atoms with Crippen LogP contribution in [-0.4, -0.2) is 26.8 Å². The maximum atomic E-state index is 12.3. The van der Waals surface area contributed by atoms with Crippen LogP contribution in [0.5, 0.6) is 0 Å². The highest BCUT2D eigenvalue weighted by Gasteiger charge is 2.61. The first-order chi connectivity index (χ1) is 12.3. The van der Waals surface area contributed by atoms with Gasteiger partial charge in [-0.3, -0.25) is 4.79 Å². The molecule has 1 fully saturated rings. The first-order valence-electron chi connectivity index (χ1n) is 9.06. The fourth-order valence-corrected chi connectivity index (χ4v) is 5.04. The van der Waals surface area contributed by atoms with Crippen LogP contribution < -0.4 is 5.32 Å². The van der Waals surface area contributed by atoms with Crippen molar-refractivity contribution in [3.05, 3.63) is 41.2 Å².